The van der Waals surface area contributed by atoms with Crippen molar-refractivity contribution in [3.63, 3.8) is 0 Å². The molecule has 0 aromatic carbocycles. The maximum atomic E-state index is 14.3. The van der Waals surface area contributed by atoms with E-state index in [0.29, 0.717) is 11.3 Å². The largest absolute Gasteiger partial charge is 0.444 e. The Bertz CT molecular complexity index is 481. The van der Waals surface area contributed by atoms with E-state index in [0.717, 1.165) is 0 Å². The molecule has 1 amide bonds. The molecule has 1 fully saturated rings. The summed E-state index contributed by atoms with van der Waals surface area (Å²) in [5, 5.41) is 2.52. The third-order valence-electron chi connectivity index (χ3n) is 2.60. The molecule has 0 unspecified atom stereocenters. The molecule has 0 spiro atoms. The summed E-state index contributed by atoms with van der Waals surface area (Å²) in [6.45, 7) is 5.24. The second kappa shape index (κ2) is 4.77. The highest BCUT2D eigenvalue weighted by Gasteiger charge is 2.42. The van der Waals surface area contributed by atoms with E-state index in [4.69, 9.17) is 9.47 Å². The monoisotopic (exact) mass is 268 g/mol. The van der Waals surface area contributed by atoms with Gasteiger partial charge in [-0.25, -0.2) is 9.18 Å². The lowest BCUT2D eigenvalue weighted by atomic mass is 9.93. The Morgan fingerprint density at radius 2 is 2.21 bits per heavy atom. The molecule has 0 saturated carbocycles. The van der Waals surface area contributed by atoms with Gasteiger partial charge in [-0.15, -0.1) is 0 Å². The van der Waals surface area contributed by atoms with Crippen LogP contribution in [0.15, 0.2) is 18.5 Å². The number of pyridine rings is 1. The standard InChI is InChI=1S/C13H17FN2O3/c1-12(2,3)19-11(17)16-10-6-15-5-4-9(10)13(14)7-18-8-13/h4-6H,7-8H2,1-3H3,(H,16,17). The number of hydrogen-bond donors (Lipinski definition) is 1. The molecule has 5 nitrogen and oxygen atoms in total. The summed E-state index contributed by atoms with van der Waals surface area (Å²) in [6.07, 6.45) is 2.25. The summed E-state index contributed by atoms with van der Waals surface area (Å²) in [5.74, 6) is 0. The first-order chi connectivity index (χ1) is 8.80. The summed E-state index contributed by atoms with van der Waals surface area (Å²) in [7, 11) is 0. The quantitative estimate of drug-likeness (QED) is 0.895. The van der Waals surface area contributed by atoms with Crippen LogP contribution in [-0.4, -0.2) is 29.9 Å². The second-order valence-electron chi connectivity index (χ2n) is 5.51. The van der Waals surface area contributed by atoms with Crippen LogP contribution < -0.4 is 5.32 Å². The van der Waals surface area contributed by atoms with Gasteiger partial charge in [0.1, 0.15) is 5.60 Å². The molecule has 2 heterocycles. The average Bonchev–Trinajstić information content (AvgIpc) is 2.24. The summed E-state index contributed by atoms with van der Waals surface area (Å²) in [4.78, 5) is 15.6. The van der Waals surface area contributed by atoms with Crippen LogP contribution >= 0.6 is 0 Å². The third kappa shape index (κ3) is 3.20. The fourth-order valence-corrected chi connectivity index (χ4v) is 1.74. The van der Waals surface area contributed by atoms with Crippen LogP contribution in [0, 0.1) is 0 Å². The van der Waals surface area contributed by atoms with E-state index in [-0.39, 0.29) is 13.2 Å². The number of nitrogens with zero attached hydrogens (tertiary/aromatic N) is 1. The van der Waals surface area contributed by atoms with Gasteiger partial charge in [-0.3, -0.25) is 10.3 Å². The van der Waals surface area contributed by atoms with Gasteiger partial charge in [0.25, 0.3) is 0 Å². The molecule has 6 heteroatoms. The molecular formula is C13H17FN2O3. The van der Waals surface area contributed by atoms with Crippen molar-refractivity contribution in [1.82, 2.24) is 4.98 Å². The van der Waals surface area contributed by atoms with Crippen molar-refractivity contribution in [3.8, 4) is 0 Å². The highest BCUT2D eigenvalue weighted by molar-refractivity contribution is 5.86. The summed E-state index contributed by atoms with van der Waals surface area (Å²) in [6, 6.07) is 1.54. The van der Waals surface area contributed by atoms with Crippen LogP contribution in [0.1, 0.15) is 26.3 Å². The number of alkyl halides is 1. The molecule has 1 aliphatic rings. The van der Waals surface area contributed by atoms with E-state index >= 15 is 0 Å². The van der Waals surface area contributed by atoms with Gasteiger partial charge in [-0.1, -0.05) is 0 Å². The van der Waals surface area contributed by atoms with E-state index in [9.17, 15) is 9.18 Å². The minimum absolute atomic E-state index is 0.0139. The number of halogens is 1. The van der Waals surface area contributed by atoms with Crippen LogP contribution in [0.3, 0.4) is 0 Å². The van der Waals surface area contributed by atoms with Gasteiger partial charge in [0.2, 0.25) is 0 Å². The molecule has 1 saturated heterocycles. The zero-order valence-electron chi connectivity index (χ0n) is 11.2. The van der Waals surface area contributed by atoms with Crippen LogP contribution in [0.4, 0.5) is 14.9 Å². The minimum atomic E-state index is -1.56. The minimum Gasteiger partial charge on any atom is -0.444 e. The Labute approximate surface area is 111 Å². The first-order valence-electron chi connectivity index (χ1n) is 6.01. The highest BCUT2D eigenvalue weighted by Crippen LogP contribution is 2.37. The number of amides is 1. The van der Waals surface area contributed by atoms with E-state index in [2.05, 4.69) is 10.3 Å². The van der Waals surface area contributed by atoms with E-state index in [1.54, 1.807) is 20.8 Å². The normalized spacial score (nSPS) is 17.5. The number of anilines is 1. The first-order valence-corrected chi connectivity index (χ1v) is 6.01. The lowest BCUT2D eigenvalue weighted by Crippen LogP contribution is -2.43. The Hall–Kier alpha value is -1.69. The second-order valence-corrected chi connectivity index (χ2v) is 5.51. The predicted octanol–water partition coefficient (Wildman–Crippen LogP) is 2.62. The Morgan fingerprint density at radius 3 is 2.74 bits per heavy atom. The van der Waals surface area contributed by atoms with Crippen LogP contribution in [0.2, 0.25) is 0 Å². The fraction of sp³-hybridized carbons (Fsp3) is 0.538. The van der Waals surface area contributed by atoms with Crippen molar-refractivity contribution >= 4 is 11.8 Å². The number of aromatic nitrogens is 1. The van der Waals surface area contributed by atoms with Gasteiger partial charge in [0.05, 0.1) is 25.1 Å². The molecule has 1 N–H and O–H groups in total. The van der Waals surface area contributed by atoms with Crippen molar-refractivity contribution in [2.45, 2.75) is 32.0 Å². The van der Waals surface area contributed by atoms with Crippen LogP contribution in [0.5, 0.6) is 0 Å². The fourth-order valence-electron chi connectivity index (χ4n) is 1.74. The molecule has 2 rings (SSSR count). The van der Waals surface area contributed by atoms with Gasteiger partial charge in [0, 0.05) is 11.8 Å². The van der Waals surface area contributed by atoms with Crippen molar-refractivity contribution in [3.05, 3.63) is 24.0 Å². The van der Waals surface area contributed by atoms with Gasteiger partial charge in [-0.05, 0) is 26.8 Å². The maximum absolute atomic E-state index is 14.3. The lowest BCUT2D eigenvalue weighted by Gasteiger charge is -2.35. The van der Waals surface area contributed by atoms with Gasteiger partial charge < -0.3 is 9.47 Å². The van der Waals surface area contributed by atoms with Gasteiger partial charge >= 0.3 is 6.09 Å². The molecule has 1 aromatic rings. The van der Waals surface area contributed by atoms with Gasteiger partial charge in [-0.2, -0.15) is 0 Å². The summed E-state index contributed by atoms with van der Waals surface area (Å²) < 4.78 is 24.4. The van der Waals surface area contributed by atoms with Crippen LogP contribution in [-0.2, 0) is 15.1 Å². The first kappa shape index (κ1) is 13.7. The molecule has 1 aliphatic heterocycles. The predicted molar refractivity (Wildman–Crippen MR) is 67.7 cm³/mol. The summed E-state index contributed by atoms with van der Waals surface area (Å²) in [5.41, 5.74) is -1.51. The van der Waals surface area contributed by atoms with E-state index in [1.807, 2.05) is 0 Å². The molecule has 0 atom stereocenters. The topological polar surface area (TPSA) is 60.5 Å². The number of nitrogens with one attached hydrogen (secondary N) is 1. The molecule has 1 aromatic heterocycles. The van der Waals surface area contributed by atoms with Crippen molar-refractivity contribution in [2.24, 2.45) is 0 Å². The van der Waals surface area contributed by atoms with E-state index < -0.39 is 17.4 Å². The smallest absolute Gasteiger partial charge is 0.412 e. The van der Waals surface area contributed by atoms with Crippen molar-refractivity contribution in [1.29, 1.82) is 0 Å². The zero-order chi connectivity index (χ0) is 14.1. The van der Waals surface area contributed by atoms with Crippen molar-refractivity contribution in [2.75, 3.05) is 18.5 Å². The number of carbonyl (C=O) groups excluding carboxylic acids is 1. The zero-order valence-corrected chi connectivity index (χ0v) is 11.2. The summed E-state index contributed by atoms with van der Waals surface area (Å²) >= 11 is 0. The van der Waals surface area contributed by atoms with Crippen molar-refractivity contribution < 1.29 is 18.7 Å². The molecule has 0 bridgehead atoms. The lowest BCUT2D eigenvalue weighted by molar-refractivity contribution is -0.134. The number of hydrogen-bond acceptors (Lipinski definition) is 4. The Balaban J connectivity index is 2.15. The SMILES string of the molecule is CC(C)(C)OC(=O)Nc1cnccc1C1(F)COC1. The molecular weight excluding hydrogens is 251 g/mol. The maximum Gasteiger partial charge on any atom is 0.412 e. The Kier molecular flexibility index (Phi) is 3.45. The van der Waals surface area contributed by atoms with E-state index in [1.165, 1.54) is 18.5 Å². The Morgan fingerprint density at radius 1 is 1.53 bits per heavy atom. The number of carbonyl (C=O) groups is 1. The molecule has 19 heavy (non-hydrogen) atoms. The number of ether oxygens (including phenoxy) is 2. The third-order valence-corrected chi connectivity index (χ3v) is 2.60. The molecule has 0 radical (unpaired) electrons. The number of rotatable bonds is 2. The molecule has 0 aliphatic carbocycles. The molecule has 104 valence electrons. The van der Waals surface area contributed by atoms with Crippen LogP contribution in [0.25, 0.3) is 0 Å². The van der Waals surface area contributed by atoms with Gasteiger partial charge in [0.15, 0.2) is 5.67 Å². The average molecular weight is 268 g/mol. The highest BCUT2D eigenvalue weighted by atomic mass is 19.1.